The van der Waals surface area contributed by atoms with Gasteiger partial charge in [-0.15, -0.1) is 0 Å². The molecule has 2 rings (SSSR count). The number of aromatic nitrogens is 1. The van der Waals surface area contributed by atoms with E-state index in [0.717, 1.165) is 16.5 Å². The van der Waals surface area contributed by atoms with E-state index in [1.807, 2.05) is 18.3 Å². The van der Waals surface area contributed by atoms with Crippen LogP contribution in [0.25, 0.3) is 10.8 Å². The molecule has 1 heterocycles. The summed E-state index contributed by atoms with van der Waals surface area (Å²) in [6.07, 6.45) is 3.50. The van der Waals surface area contributed by atoms with Crippen LogP contribution in [0.5, 0.6) is 0 Å². The summed E-state index contributed by atoms with van der Waals surface area (Å²) in [4.78, 5) is 4.03. The van der Waals surface area contributed by atoms with Gasteiger partial charge in [-0.1, -0.05) is 6.07 Å². The lowest BCUT2D eigenvalue weighted by molar-refractivity contribution is 1.36. The van der Waals surface area contributed by atoms with Crippen molar-refractivity contribution in [2.45, 2.75) is 0 Å². The second-order valence-corrected chi connectivity index (χ2v) is 3.84. The zero-order chi connectivity index (χ0) is 8.55. The summed E-state index contributed by atoms with van der Waals surface area (Å²) >= 11 is 2.27. The number of benzene rings is 1. The van der Waals surface area contributed by atoms with Crippen LogP contribution in [0.4, 0.5) is 5.69 Å². The van der Waals surface area contributed by atoms with Gasteiger partial charge in [0.15, 0.2) is 0 Å². The van der Waals surface area contributed by atoms with Crippen molar-refractivity contribution in [2.24, 2.45) is 0 Å². The molecule has 0 spiro atoms. The molecule has 2 nitrogen and oxygen atoms in total. The van der Waals surface area contributed by atoms with Gasteiger partial charge in [-0.3, -0.25) is 4.98 Å². The highest BCUT2D eigenvalue weighted by molar-refractivity contribution is 14.1. The van der Waals surface area contributed by atoms with Gasteiger partial charge in [-0.2, -0.15) is 0 Å². The lowest BCUT2D eigenvalue weighted by atomic mass is 10.1. The third-order valence-electron chi connectivity index (χ3n) is 1.75. The first-order valence-corrected chi connectivity index (χ1v) is 4.64. The molecule has 60 valence electrons. The molecule has 0 saturated heterocycles. The van der Waals surface area contributed by atoms with E-state index in [1.165, 1.54) is 3.57 Å². The van der Waals surface area contributed by atoms with Crippen LogP contribution in [0.3, 0.4) is 0 Å². The summed E-state index contributed by atoms with van der Waals surface area (Å²) in [6.45, 7) is 0. The molecular formula is C9H7IN2. The number of nitrogen functional groups attached to an aromatic ring is 1. The Bertz CT molecular complexity index is 426. The van der Waals surface area contributed by atoms with Crippen molar-refractivity contribution in [1.29, 1.82) is 0 Å². The van der Waals surface area contributed by atoms with Crippen LogP contribution < -0.4 is 5.73 Å². The molecule has 0 aliphatic rings. The maximum absolute atomic E-state index is 5.74. The fraction of sp³-hybridized carbons (Fsp3) is 0. The third-order valence-corrected chi connectivity index (χ3v) is 2.42. The Kier molecular flexibility index (Phi) is 1.88. The van der Waals surface area contributed by atoms with Gasteiger partial charge in [-0.05, 0) is 34.7 Å². The van der Waals surface area contributed by atoms with E-state index in [1.54, 1.807) is 6.20 Å². The van der Waals surface area contributed by atoms with Crippen molar-refractivity contribution in [3.05, 3.63) is 34.2 Å². The Hall–Kier alpha value is -0.840. The van der Waals surface area contributed by atoms with Crippen molar-refractivity contribution in [3.8, 4) is 0 Å². The fourth-order valence-electron chi connectivity index (χ4n) is 1.17. The van der Waals surface area contributed by atoms with Crippen molar-refractivity contribution < 1.29 is 0 Å². The van der Waals surface area contributed by atoms with Crippen molar-refractivity contribution >= 4 is 39.1 Å². The average molecular weight is 270 g/mol. The van der Waals surface area contributed by atoms with Crippen LogP contribution in [0.1, 0.15) is 0 Å². The standard InChI is InChI=1S/C9H7IN2/c10-7-1-2-8-6(3-7)4-12-5-9(8)11/h1-5H,11H2. The summed E-state index contributed by atoms with van der Waals surface area (Å²) in [5.74, 6) is 0. The van der Waals surface area contributed by atoms with E-state index in [0.29, 0.717) is 0 Å². The molecule has 0 aliphatic heterocycles. The van der Waals surface area contributed by atoms with Gasteiger partial charge < -0.3 is 5.73 Å². The minimum absolute atomic E-state index is 0.740. The first kappa shape index (κ1) is 7.79. The highest BCUT2D eigenvalue weighted by atomic mass is 127. The van der Waals surface area contributed by atoms with Gasteiger partial charge in [-0.25, -0.2) is 0 Å². The summed E-state index contributed by atoms with van der Waals surface area (Å²) in [5, 5.41) is 2.17. The number of rotatable bonds is 0. The molecule has 1 aromatic carbocycles. The Morgan fingerprint density at radius 3 is 2.92 bits per heavy atom. The average Bonchev–Trinajstić information content (AvgIpc) is 2.04. The molecule has 12 heavy (non-hydrogen) atoms. The fourth-order valence-corrected chi connectivity index (χ4v) is 1.69. The van der Waals surface area contributed by atoms with E-state index in [9.17, 15) is 0 Å². The lowest BCUT2D eigenvalue weighted by Gasteiger charge is -2.00. The predicted octanol–water partition coefficient (Wildman–Crippen LogP) is 2.42. The van der Waals surface area contributed by atoms with Gasteiger partial charge in [0.25, 0.3) is 0 Å². The molecule has 0 radical (unpaired) electrons. The van der Waals surface area contributed by atoms with Crippen LogP contribution in [0.15, 0.2) is 30.6 Å². The van der Waals surface area contributed by atoms with E-state index in [4.69, 9.17) is 5.73 Å². The van der Waals surface area contributed by atoms with Crippen LogP contribution in [-0.4, -0.2) is 4.98 Å². The Labute approximate surface area is 83.9 Å². The monoisotopic (exact) mass is 270 g/mol. The molecule has 0 atom stereocenters. The molecule has 0 aliphatic carbocycles. The van der Waals surface area contributed by atoms with Crippen molar-refractivity contribution in [3.63, 3.8) is 0 Å². The molecule has 0 fully saturated rings. The summed E-state index contributed by atoms with van der Waals surface area (Å²) in [5.41, 5.74) is 6.48. The number of halogens is 1. The number of nitrogens with two attached hydrogens (primary N) is 1. The molecule has 2 aromatic rings. The van der Waals surface area contributed by atoms with E-state index < -0.39 is 0 Å². The van der Waals surface area contributed by atoms with E-state index >= 15 is 0 Å². The summed E-state index contributed by atoms with van der Waals surface area (Å²) in [6, 6.07) is 6.13. The van der Waals surface area contributed by atoms with Crippen molar-refractivity contribution in [2.75, 3.05) is 5.73 Å². The molecule has 0 unspecified atom stereocenters. The molecule has 0 amide bonds. The number of anilines is 1. The van der Waals surface area contributed by atoms with Gasteiger partial charge in [0, 0.05) is 20.5 Å². The number of hydrogen-bond acceptors (Lipinski definition) is 2. The zero-order valence-electron chi connectivity index (χ0n) is 6.29. The summed E-state index contributed by atoms with van der Waals surface area (Å²) in [7, 11) is 0. The molecule has 0 saturated carbocycles. The normalized spacial score (nSPS) is 10.4. The lowest BCUT2D eigenvalue weighted by Crippen LogP contribution is -1.88. The summed E-state index contributed by atoms with van der Waals surface area (Å²) < 4.78 is 1.20. The second-order valence-electron chi connectivity index (χ2n) is 2.59. The Morgan fingerprint density at radius 1 is 1.25 bits per heavy atom. The zero-order valence-corrected chi connectivity index (χ0v) is 8.45. The Morgan fingerprint density at radius 2 is 2.08 bits per heavy atom. The quantitative estimate of drug-likeness (QED) is 0.747. The molecule has 0 bridgehead atoms. The molecule has 3 heteroatoms. The third kappa shape index (κ3) is 1.24. The van der Waals surface area contributed by atoms with Crippen LogP contribution in [0.2, 0.25) is 0 Å². The number of nitrogens with zero attached hydrogens (tertiary/aromatic N) is 1. The van der Waals surface area contributed by atoms with Gasteiger partial charge in [0.1, 0.15) is 0 Å². The smallest absolute Gasteiger partial charge is 0.0580 e. The number of hydrogen-bond donors (Lipinski definition) is 1. The minimum Gasteiger partial charge on any atom is -0.397 e. The second kappa shape index (κ2) is 2.90. The SMILES string of the molecule is Nc1cncc2cc(I)ccc12. The van der Waals surface area contributed by atoms with E-state index in [-0.39, 0.29) is 0 Å². The van der Waals surface area contributed by atoms with Gasteiger partial charge in [0.05, 0.1) is 11.9 Å². The predicted molar refractivity (Wildman–Crippen MR) is 58.9 cm³/mol. The van der Waals surface area contributed by atoms with Crippen LogP contribution >= 0.6 is 22.6 Å². The minimum atomic E-state index is 0.740. The number of fused-ring (bicyclic) bond motifs is 1. The maximum atomic E-state index is 5.74. The van der Waals surface area contributed by atoms with Crippen LogP contribution in [0, 0.1) is 3.57 Å². The molecular weight excluding hydrogens is 263 g/mol. The van der Waals surface area contributed by atoms with Gasteiger partial charge in [0.2, 0.25) is 0 Å². The van der Waals surface area contributed by atoms with Crippen molar-refractivity contribution in [1.82, 2.24) is 4.98 Å². The number of pyridine rings is 1. The van der Waals surface area contributed by atoms with Gasteiger partial charge >= 0.3 is 0 Å². The topological polar surface area (TPSA) is 38.9 Å². The highest BCUT2D eigenvalue weighted by Crippen LogP contribution is 2.20. The molecule has 2 N–H and O–H groups in total. The molecule has 1 aromatic heterocycles. The Balaban J connectivity index is 2.86. The van der Waals surface area contributed by atoms with E-state index in [2.05, 4.69) is 33.6 Å². The van der Waals surface area contributed by atoms with Crippen LogP contribution in [-0.2, 0) is 0 Å². The largest absolute Gasteiger partial charge is 0.397 e. The first-order valence-electron chi connectivity index (χ1n) is 3.56. The highest BCUT2D eigenvalue weighted by Gasteiger charge is 1.97. The first-order chi connectivity index (χ1) is 5.77. The maximum Gasteiger partial charge on any atom is 0.0580 e.